The van der Waals surface area contributed by atoms with E-state index in [9.17, 15) is 9.59 Å². The lowest BCUT2D eigenvalue weighted by molar-refractivity contribution is -0.128. The third-order valence-electron chi connectivity index (χ3n) is 4.45. The van der Waals surface area contributed by atoms with E-state index < -0.39 is 0 Å². The fraction of sp³-hybridized carbons (Fsp3) is 0.722. The van der Waals surface area contributed by atoms with Gasteiger partial charge in [0.25, 0.3) is 5.91 Å². The number of thiazole rings is 1. The Labute approximate surface area is 159 Å². The zero-order chi connectivity index (χ0) is 19.1. The summed E-state index contributed by atoms with van der Waals surface area (Å²) in [5.74, 6) is 0.197. The molecule has 1 heterocycles. The SMILES string of the molecule is CCCO[C@H]1C[C@@H](C(=O)NCC(C)C)CC[C@@H]1NC(=O)c1csc(N)n1. The molecule has 26 heavy (non-hydrogen) atoms. The molecule has 1 fully saturated rings. The number of nitrogen functional groups attached to an aromatic ring is 1. The minimum absolute atomic E-state index is 0.0707. The minimum Gasteiger partial charge on any atom is -0.376 e. The Bertz CT molecular complexity index is 605. The predicted molar refractivity (Wildman–Crippen MR) is 103 cm³/mol. The summed E-state index contributed by atoms with van der Waals surface area (Å²) in [6.07, 6.45) is 2.79. The highest BCUT2D eigenvalue weighted by Gasteiger charge is 2.35. The molecule has 0 unspecified atom stereocenters. The van der Waals surface area contributed by atoms with Crippen LogP contribution in [-0.2, 0) is 9.53 Å². The normalized spacial score (nSPS) is 23.0. The topological polar surface area (TPSA) is 106 Å². The third-order valence-corrected chi connectivity index (χ3v) is 5.13. The van der Waals surface area contributed by atoms with Gasteiger partial charge in [0.05, 0.1) is 12.1 Å². The number of nitrogens with zero attached hydrogens (tertiary/aromatic N) is 1. The molecule has 1 saturated carbocycles. The van der Waals surface area contributed by atoms with E-state index in [1.807, 2.05) is 6.92 Å². The number of carbonyl (C=O) groups is 2. The largest absolute Gasteiger partial charge is 0.376 e. The van der Waals surface area contributed by atoms with Crippen LogP contribution in [0.4, 0.5) is 5.13 Å². The second kappa shape index (κ2) is 9.87. The lowest BCUT2D eigenvalue weighted by Gasteiger charge is -2.35. The van der Waals surface area contributed by atoms with Gasteiger partial charge in [-0.1, -0.05) is 20.8 Å². The summed E-state index contributed by atoms with van der Waals surface area (Å²) in [5, 5.41) is 8.04. The highest BCUT2D eigenvalue weighted by atomic mass is 32.1. The number of anilines is 1. The van der Waals surface area contributed by atoms with E-state index in [1.54, 1.807) is 5.38 Å². The number of ether oxygens (including phenoxy) is 1. The van der Waals surface area contributed by atoms with Gasteiger partial charge in [-0.25, -0.2) is 4.98 Å². The molecule has 2 amide bonds. The van der Waals surface area contributed by atoms with Crippen molar-refractivity contribution in [2.45, 2.75) is 58.6 Å². The fourth-order valence-electron chi connectivity index (χ4n) is 3.07. The van der Waals surface area contributed by atoms with Crippen molar-refractivity contribution < 1.29 is 14.3 Å². The van der Waals surface area contributed by atoms with Gasteiger partial charge in [0, 0.05) is 24.4 Å². The number of amides is 2. The summed E-state index contributed by atoms with van der Waals surface area (Å²) < 4.78 is 5.96. The zero-order valence-electron chi connectivity index (χ0n) is 15.8. The van der Waals surface area contributed by atoms with Gasteiger partial charge in [-0.05, 0) is 31.6 Å². The van der Waals surface area contributed by atoms with Crippen molar-refractivity contribution in [3.05, 3.63) is 11.1 Å². The Morgan fingerprint density at radius 3 is 2.81 bits per heavy atom. The van der Waals surface area contributed by atoms with Crippen molar-refractivity contribution in [3.8, 4) is 0 Å². The molecule has 8 heteroatoms. The molecule has 1 aliphatic carbocycles. The Morgan fingerprint density at radius 1 is 1.42 bits per heavy atom. The molecule has 0 bridgehead atoms. The predicted octanol–water partition coefficient (Wildman–Crippen LogP) is 2.19. The summed E-state index contributed by atoms with van der Waals surface area (Å²) in [7, 11) is 0. The van der Waals surface area contributed by atoms with Crippen molar-refractivity contribution in [1.29, 1.82) is 0 Å². The maximum atomic E-state index is 12.4. The first-order valence-electron chi connectivity index (χ1n) is 9.31. The lowest BCUT2D eigenvalue weighted by Crippen LogP contribution is -2.50. The van der Waals surface area contributed by atoms with Crippen LogP contribution < -0.4 is 16.4 Å². The molecule has 0 aromatic carbocycles. The Morgan fingerprint density at radius 2 is 2.19 bits per heavy atom. The van der Waals surface area contributed by atoms with Gasteiger partial charge < -0.3 is 21.1 Å². The number of nitrogens with two attached hydrogens (primary N) is 1. The van der Waals surface area contributed by atoms with Crippen molar-refractivity contribution in [2.75, 3.05) is 18.9 Å². The van der Waals surface area contributed by atoms with Crippen molar-refractivity contribution >= 4 is 28.3 Å². The molecule has 7 nitrogen and oxygen atoms in total. The number of aromatic nitrogens is 1. The molecule has 0 aliphatic heterocycles. The summed E-state index contributed by atoms with van der Waals surface area (Å²) in [6.45, 7) is 7.49. The first kappa shape index (κ1) is 20.6. The molecule has 2 rings (SSSR count). The zero-order valence-corrected chi connectivity index (χ0v) is 16.6. The van der Waals surface area contributed by atoms with Gasteiger partial charge in [-0.15, -0.1) is 11.3 Å². The van der Waals surface area contributed by atoms with E-state index in [0.29, 0.717) is 42.7 Å². The number of hydrogen-bond donors (Lipinski definition) is 3. The monoisotopic (exact) mass is 382 g/mol. The van der Waals surface area contributed by atoms with Gasteiger partial charge >= 0.3 is 0 Å². The van der Waals surface area contributed by atoms with Crippen molar-refractivity contribution in [3.63, 3.8) is 0 Å². The average molecular weight is 383 g/mol. The molecule has 0 spiro atoms. The van der Waals surface area contributed by atoms with E-state index in [4.69, 9.17) is 10.5 Å². The number of rotatable bonds is 8. The summed E-state index contributed by atoms with van der Waals surface area (Å²) in [4.78, 5) is 28.8. The molecule has 1 aromatic heterocycles. The van der Waals surface area contributed by atoms with Crippen LogP contribution in [0.1, 0.15) is 56.9 Å². The molecule has 1 aromatic rings. The molecular weight excluding hydrogens is 352 g/mol. The maximum absolute atomic E-state index is 12.4. The quantitative estimate of drug-likeness (QED) is 0.639. The van der Waals surface area contributed by atoms with Crippen LogP contribution in [-0.4, -0.2) is 42.1 Å². The van der Waals surface area contributed by atoms with Crippen LogP contribution in [0.2, 0.25) is 0 Å². The number of nitrogens with one attached hydrogen (secondary N) is 2. The van der Waals surface area contributed by atoms with Gasteiger partial charge in [0.2, 0.25) is 5.91 Å². The van der Waals surface area contributed by atoms with Crippen molar-refractivity contribution in [1.82, 2.24) is 15.6 Å². The molecule has 4 N–H and O–H groups in total. The standard InChI is InChI=1S/C18H30N4O3S/c1-4-7-25-15-8-12(16(23)20-9-11(2)3)5-6-13(15)21-17(24)14-10-26-18(19)22-14/h10-13,15H,4-9H2,1-3H3,(H2,19,22)(H,20,23)(H,21,24)/t12-,13-,15-/m0/s1. The highest BCUT2D eigenvalue weighted by molar-refractivity contribution is 7.13. The van der Waals surface area contributed by atoms with Crippen molar-refractivity contribution in [2.24, 2.45) is 11.8 Å². The smallest absolute Gasteiger partial charge is 0.271 e. The fourth-order valence-corrected chi connectivity index (χ4v) is 3.61. The second-order valence-electron chi connectivity index (χ2n) is 7.21. The Kier molecular flexibility index (Phi) is 7.84. The van der Waals surface area contributed by atoms with Crippen LogP contribution in [0.3, 0.4) is 0 Å². The molecule has 1 aliphatic rings. The second-order valence-corrected chi connectivity index (χ2v) is 8.10. The van der Waals surface area contributed by atoms with E-state index in [1.165, 1.54) is 11.3 Å². The summed E-state index contributed by atoms with van der Waals surface area (Å²) in [5.41, 5.74) is 5.93. The van der Waals surface area contributed by atoms with Crippen LogP contribution >= 0.6 is 11.3 Å². The van der Waals surface area contributed by atoms with Crippen LogP contribution in [0.25, 0.3) is 0 Å². The molecule has 3 atom stereocenters. The van der Waals surface area contributed by atoms with E-state index in [0.717, 1.165) is 12.8 Å². The van der Waals surface area contributed by atoms with Gasteiger partial charge in [-0.3, -0.25) is 9.59 Å². The number of carbonyl (C=O) groups excluding carboxylic acids is 2. The summed E-state index contributed by atoms with van der Waals surface area (Å²) >= 11 is 1.24. The average Bonchev–Trinajstić information content (AvgIpc) is 3.05. The number of hydrogen-bond acceptors (Lipinski definition) is 6. The Balaban J connectivity index is 1.96. The van der Waals surface area contributed by atoms with Gasteiger partial charge in [0.15, 0.2) is 5.13 Å². The third kappa shape index (κ3) is 5.95. The summed E-state index contributed by atoms with van der Waals surface area (Å²) in [6, 6.07) is -0.119. The van der Waals surface area contributed by atoms with Gasteiger partial charge in [-0.2, -0.15) is 0 Å². The van der Waals surface area contributed by atoms with Gasteiger partial charge in [0.1, 0.15) is 5.69 Å². The molecular formula is C18H30N4O3S. The van der Waals surface area contributed by atoms with E-state index in [2.05, 4.69) is 29.5 Å². The molecule has 0 radical (unpaired) electrons. The lowest BCUT2D eigenvalue weighted by atomic mass is 9.83. The van der Waals surface area contributed by atoms with E-state index >= 15 is 0 Å². The van der Waals surface area contributed by atoms with Crippen LogP contribution in [0.5, 0.6) is 0 Å². The first-order chi connectivity index (χ1) is 12.4. The highest BCUT2D eigenvalue weighted by Crippen LogP contribution is 2.28. The first-order valence-corrected chi connectivity index (χ1v) is 10.2. The maximum Gasteiger partial charge on any atom is 0.271 e. The van der Waals surface area contributed by atoms with Crippen LogP contribution in [0.15, 0.2) is 5.38 Å². The molecule has 0 saturated heterocycles. The minimum atomic E-state index is -0.240. The Hall–Kier alpha value is -1.67. The molecule has 146 valence electrons. The van der Waals surface area contributed by atoms with Crippen LogP contribution in [0, 0.1) is 11.8 Å². The van der Waals surface area contributed by atoms with E-state index in [-0.39, 0.29) is 29.9 Å².